The van der Waals surface area contributed by atoms with Gasteiger partial charge in [-0.25, -0.2) is 0 Å². The number of carbonyl (C=O) groups excluding carboxylic acids is 1. The van der Waals surface area contributed by atoms with Crippen molar-refractivity contribution in [1.29, 1.82) is 0 Å². The van der Waals surface area contributed by atoms with Crippen molar-refractivity contribution in [2.24, 2.45) is 0 Å². The van der Waals surface area contributed by atoms with E-state index >= 15 is 0 Å². The number of unbranched alkanes of at least 4 members (excludes halogenated alkanes) is 5. The van der Waals surface area contributed by atoms with Crippen LogP contribution in [-0.2, 0) is 0 Å². The fourth-order valence-corrected chi connectivity index (χ4v) is 1.63. The minimum atomic E-state index is 0.208. The topological polar surface area (TPSA) is 30.2 Å². The van der Waals surface area contributed by atoms with E-state index in [4.69, 9.17) is 4.42 Å². The predicted octanol–water partition coefficient (Wildman–Crippen LogP) is 4.21. The second kappa shape index (κ2) is 7.27. The molecule has 0 spiro atoms. The molecule has 0 aliphatic carbocycles. The summed E-state index contributed by atoms with van der Waals surface area (Å²) in [5.41, 5.74) is 0.712. The van der Waals surface area contributed by atoms with Gasteiger partial charge >= 0.3 is 0 Å². The maximum atomic E-state index is 11.5. The molecule has 0 radical (unpaired) electrons. The van der Waals surface area contributed by atoms with E-state index in [1.165, 1.54) is 38.4 Å². The zero-order valence-corrected chi connectivity index (χ0v) is 9.50. The molecule has 15 heavy (non-hydrogen) atoms. The number of ketones is 1. The second-order valence-electron chi connectivity index (χ2n) is 3.95. The maximum Gasteiger partial charge on any atom is 0.166 e. The molecule has 0 bridgehead atoms. The number of Topliss-reactive ketones (excluding diaryl/α,β-unsaturated/α-hetero) is 1. The van der Waals surface area contributed by atoms with E-state index in [0.29, 0.717) is 12.0 Å². The molecule has 0 amide bonds. The van der Waals surface area contributed by atoms with E-state index in [2.05, 4.69) is 6.92 Å². The Bertz CT molecular complexity index is 262. The van der Waals surface area contributed by atoms with Gasteiger partial charge < -0.3 is 4.42 Å². The monoisotopic (exact) mass is 208 g/mol. The van der Waals surface area contributed by atoms with Gasteiger partial charge in [0.2, 0.25) is 0 Å². The van der Waals surface area contributed by atoms with Crippen LogP contribution in [0.4, 0.5) is 0 Å². The quantitative estimate of drug-likeness (QED) is 0.473. The second-order valence-corrected chi connectivity index (χ2v) is 3.95. The molecule has 0 aliphatic rings. The Balaban J connectivity index is 2.03. The molecule has 0 fully saturated rings. The van der Waals surface area contributed by atoms with Gasteiger partial charge in [0.05, 0.1) is 11.8 Å². The van der Waals surface area contributed by atoms with Crippen LogP contribution in [0, 0.1) is 0 Å². The highest BCUT2D eigenvalue weighted by molar-refractivity contribution is 5.95. The number of hydrogen-bond donors (Lipinski definition) is 0. The van der Waals surface area contributed by atoms with E-state index in [1.807, 2.05) is 0 Å². The Labute approximate surface area is 91.7 Å². The first-order valence-electron chi connectivity index (χ1n) is 5.90. The first-order chi connectivity index (χ1) is 7.34. The fraction of sp³-hybridized carbons (Fsp3) is 0.615. The molecule has 1 aromatic heterocycles. The molecule has 0 saturated carbocycles. The Kier molecular flexibility index (Phi) is 5.83. The van der Waals surface area contributed by atoms with Gasteiger partial charge in [-0.15, -0.1) is 0 Å². The molecule has 0 atom stereocenters. The minimum Gasteiger partial charge on any atom is -0.472 e. The summed E-state index contributed by atoms with van der Waals surface area (Å²) < 4.78 is 4.87. The molecule has 2 nitrogen and oxygen atoms in total. The van der Waals surface area contributed by atoms with Crippen LogP contribution in [0.25, 0.3) is 0 Å². The van der Waals surface area contributed by atoms with E-state index < -0.39 is 0 Å². The van der Waals surface area contributed by atoms with Gasteiger partial charge in [0.15, 0.2) is 5.78 Å². The molecule has 1 aromatic rings. The molecule has 1 heterocycles. The lowest BCUT2D eigenvalue weighted by molar-refractivity contribution is 0.0978. The number of carbonyl (C=O) groups is 1. The van der Waals surface area contributed by atoms with Crippen molar-refractivity contribution in [2.45, 2.75) is 51.9 Å². The lowest BCUT2D eigenvalue weighted by Crippen LogP contribution is -1.96. The van der Waals surface area contributed by atoms with E-state index in [9.17, 15) is 4.79 Å². The Morgan fingerprint density at radius 2 is 1.93 bits per heavy atom. The average Bonchev–Trinajstić information content (AvgIpc) is 2.76. The van der Waals surface area contributed by atoms with Crippen LogP contribution >= 0.6 is 0 Å². The largest absolute Gasteiger partial charge is 0.472 e. The normalized spacial score (nSPS) is 10.5. The lowest BCUT2D eigenvalue weighted by atomic mass is 10.1. The van der Waals surface area contributed by atoms with E-state index in [-0.39, 0.29) is 5.78 Å². The van der Waals surface area contributed by atoms with Gasteiger partial charge in [0.1, 0.15) is 6.26 Å². The summed E-state index contributed by atoms with van der Waals surface area (Å²) >= 11 is 0. The highest BCUT2D eigenvalue weighted by Crippen LogP contribution is 2.10. The van der Waals surface area contributed by atoms with Crippen molar-refractivity contribution in [3.63, 3.8) is 0 Å². The highest BCUT2D eigenvalue weighted by atomic mass is 16.3. The number of furan rings is 1. The van der Waals surface area contributed by atoms with Crippen LogP contribution < -0.4 is 0 Å². The van der Waals surface area contributed by atoms with Crippen LogP contribution in [0.1, 0.15) is 62.2 Å². The Hall–Kier alpha value is -1.05. The maximum absolute atomic E-state index is 11.5. The minimum absolute atomic E-state index is 0.208. The van der Waals surface area contributed by atoms with Gasteiger partial charge in [0, 0.05) is 6.42 Å². The molecule has 0 aliphatic heterocycles. The Morgan fingerprint density at radius 1 is 1.20 bits per heavy atom. The SMILES string of the molecule is CCCCCCCCC(=O)c1ccoc1. The van der Waals surface area contributed by atoms with Crippen LogP contribution in [0.3, 0.4) is 0 Å². The first-order valence-corrected chi connectivity index (χ1v) is 5.90. The molecule has 0 N–H and O–H groups in total. The van der Waals surface area contributed by atoms with Crippen molar-refractivity contribution in [3.05, 3.63) is 24.2 Å². The summed E-state index contributed by atoms with van der Waals surface area (Å²) in [6.45, 7) is 2.21. The summed E-state index contributed by atoms with van der Waals surface area (Å²) in [4.78, 5) is 11.5. The van der Waals surface area contributed by atoms with Crippen LogP contribution in [0.15, 0.2) is 23.0 Å². The Morgan fingerprint density at radius 3 is 2.60 bits per heavy atom. The molecule has 84 valence electrons. The molecular weight excluding hydrogens is 188 g/mol. The fourth-order valence-electron chi connectivity index (χ4n) is 1.63. The van der Waals surface area contributed by atoms with Gasteiger partial charge in [0.25, 0.3) is 0 Å². The summed E-state index contributed by atoms with van der Waals surface area (Å²) in [7, 11) is 0. The number of hydrogen-bond acceptors (Lipinski definition) is 2. The average molecular weight is 208 g/mol. The third-order valence-electron chi connectivity index (χ3n) is 2.60. The zero-order chi connectivity index (χ0) is 10.9. The molecular formula is C13H20O2. The van der Waals surface area contributed by atoms with Gasteiger partial charge in [-0.2, -0.15) is 0 Å². The lowest BCUT2D eigenvalue weighted by Gasteiger charge is -1.99. The van der Waals surface area contributed by atoms with Crippen LogP contribution in [0.2, 0.25) is 0 Å². The van der Waals surface area contributed by atoms with Gasteiger partial charge in [-0.05, 0) is 12.5 Å². The summed E-state index contributed by atoms with van der Waals surface area (Å²) in [6.07, 6.45) is 11.1. The standard InChI is InChI=1S/C13H20O2/c1-2-3-4-5-6-7-8-13(14)12-9-10-15-11-12/h9-11H,2-8H2,1H3. The van der Waals surface area contributed by atoms with Crippen LogP contribution in [0.5, 0.6) is 0 Å². The van der Waals surface area contributed by atoms with Crippen LogP contribution in [-0.4, -0.2) is 5.78 Å². The van der Waals surface area contributed by atoms with E-state index in [0.717, 1.165) is 6.42 Å². The number of rotatable bonds is 8. The summed E-state index contributed by atoms with van der Waals surface area (Å²) in [6, 6.07) is 1.74. The molecule has 1 rings (SSSR count). The van der Waals surface area contributed by atoms with Crippen molar-refractivity contribution in [2.75, 3.05) is 0 Å². The predicted molar refractivity (Wildman–Crippen MR) is 61.0 cm³/mol. The molecule has 2 heteroatoms. The van der Waals surface area contributed by atoms with Crippen molar-refractivity contribution >= 4 is 5.78 Å². The highest BCUT2D eigenvalue weighted by Gasteiger charge is 2.05. The molecule has 0 saturated heterocycles. The van der Waals surface area contributed by atoms with Crippen molar-refractivity contribution in [3.8, 4) is 0 Å². The third kappa shape index (κ3) is 4.82. The van der Waals surface area contributed by atoms with E-state index in [1.54, 1.807) is 12.3 Å². The van der Waals surface area contributed by atoms with Crippen molar-refractivity contribution < 1.29 is 9.21 Å². The molecule has 0 unspecified atom stereocenters. The van der Waals surface area contributed by atoms with Gasteiger partial charge in [-0.3, -0.25) is 4.79 Å². The summed E-state index contributed by atoms with van der Waals surface area (Å²) in [5, 5.41) is 0. The molecule has 0 aromatic carbocycles. The first kappa shape index (κ1) is 12.0. The van der Waals surface area contributed by atoms with Crippen molar-refractivity contribution in [1.82, 2.24) is 0 Å². The van der Waals surface area contributed by atoms with Gasteiger partial charge in [-0.1, -0.05) is 39.0 Å². The summed E-state index contributed by atoms with van der Waals surface area (Å²) in [5.74, 6) is 0.208. The zero-order valence-electron chi connectivity index (χ0n) is 9.50. The third-order valence-corrected chi connectivity index (χ3v) is 2.60. The smallest absolute Gasteiger partial charge is 0.166 e.